The molecule has 0 saturated carbocycles. The van der Waals surface area contributed by atoms with Crippen molar-refractivity contribution in [2.45, 2.75) is 65.0 Å². The molecule has 2 N–H and O–H groups in total. The molecular formula is C23H39Cl2N3O. The highest BCUT2D eigenvalue weighted by atomic mass is 35.5. The number of carbonyl (C=O) groups excluding carboxylic acids is 1. The van der Waals surface area contributed by atoms with E-state index in [4.69, 9.17) is 0 Å². The van der Waals surface area contributed by atoms with Crippen molar-refractivity contribution in [3.63, 3.8) is 0 Å². The summed E-state index contributed by atoms with van der Waals surface area (Å²) in [6.07, 6.45) is 8.48. The second kappa shape index (κ2) is 14.2. The Morgan fingerprint density at radius 1 is 1.03 bits per heavy atom. The molecule has 0 aliphatic carbocycles. The van der Waals surface area contributed by atoms with Crippen molar-refractivity contribution in [2.24, 2.45) is 11.8 Å². The summed E-state index contributed by atoms with van der Waals surface area (Å²) in [5.74, 6) is 1.35. The Balaban J connectivity index is 0.00000210. The number of nitrogens with zero attached hydrogens (tertiary/aromatic N) is 1. The van der Waals surface area contributed by atoms with E-state index in [1.807, 2.05) is 0 Å². The summed E-state index contributed by atoms with van der Waals surface area (Å²) >= 11 is 0. The molecule has 0 aromatic heterocycles. The molecule has 0 spiro atoms. The van der Waals surface area contributed by atoms with Gasteiger partial charge in [0, 0.05) is 19.5 Å². The van der Waals surface area contributed by atoms with Crippen LogP contribution in [0, 0.1) is 11.8 Å². The van der Waals surface area contributed by atoms with E-state index < -0.39 is 0 Å². The molecule has 1 unspecified atom stereocenters. The standard InChI is InChI=1S/C23H37N3O.2ClH/c1-19(22-10-12-24-13-11-22)16-23(27)25-17-20-6-8-21(9-7-20)18-26-14-4-2-3-5-15-26;;/h6-9,19,22,24H,2-5,10-18H2,1H3,(H,25,27);2*1H. The Morgan fingerprint density at radius 3 is 2.24 bits per heavy atom. The molecule has 0 bridgehead atoms. The SMILES string of the molecule is CC(CC(=O)NCc1ccc(CN2CCCCCC2)cc1)C1CCNCC1.Cl.Cl. The number of nitrogens with one attached hydrogen (secondary N) is 2. The lowest BCUT2D eigenvalue weighted by Crippen LogP contribution is -2.33. The molecule has 3 rings (SSSR count). The maximum atomic E-state index is 12.3. The van der Waals surface area contributed by atoms with Gasteiger partial charge in [-0.3, -0.25) is 9.69 Å². The van der Waals surface area contributed by atoms with Gasteiger partial charge in [0.1, 0.15) is 0 Å². The van der Waals surface area contributed by atoms with Gasteiger partial charge in [-0.1, -0.05) is 44.0 Å². The number of halogens is 2. The van der Waals surface area contributed by atoms with E-state index in [2.05, 4.69) is 46.7 Å². The largest absolute Gasteiger partial charge is 0.352 e. The zero-order chi connectivity index (χ0) is 18.9. The van der Waals surface area contributed by atoms with Crippen molar-refractivity contribution in [1.82, 2.24) is 15.5 Å². The first kappa shape index (κ1) is 26.2. The Hall–Kier alpha value is -0.810. The number of hydrogen-bond acceptors (Lipinski definition) is 3. The lowest BCUT2D eigenvalue weighted by atomic mass is 9.84. The van der Waals surface area contributed by atoms with Crippen molar-refractivity contribution < 1.29 is 4.79 Å². The zero-order valence-corrected chi connectivity index (χ0v) is 19.5. The highest BCUT2D eigenvalue weighted by Crippen LogP contribution is 2.24. The minimum absolute atomic E-state index is 0. The van der Waals surface area contributed by atoms with E-state index in [0.29, 0.717) is 24.8 Å². The molecule has 4 nitrogen and oxygen atoms in total. The summed E-state index contributed by atoms with van der Waals surface area (Å²) < 4.78 is 0. The quantitative estimate of drug-likeness (QED) is 0.649. The van der Waals surface area contributed by atoms with Gasteiger partial charge < -0.3 is 10.6 Å². The molecule has 2 saturated heterocycles. The summed E-state index contributed by atoms with van der Waals surface area (Å²) in [7, 11) is 0. The number of hydrogen-bond donors (Lipinski definition) is 2. The van der Waals surface area contributed by atoms with Crippen LogP contribution in [0.2, 0.25) is 0 Å². The third-order valence-electron chi connectivity index (χ3n) is 6.31. The van der Waals surface area contributed by atoms with E-state index >= 15 is 0 Å². The van der Waals surface area contributed by atoms with Crippen LogP contribution in [0.5, 0.6) is 0 Å². The maximum Gasteiger partial charge on any atom is 0.220 e. The molecule has 1 amide bonds. The number of benzene rings is 1. The molecule has 2 aliphatic heterocycles. The van der Waals surface area contributed by atoms with E-state index in [9.17, 15) is 4.79 Å². The average molecular weight is 444 g/mol. The highest BCUT2D eigenvalue weighted by molar-refractivity contribution is 5.85. The topological polar surface area (TPSA) is 44.4 Å². The Bertz CT molecular complexity index is 568. The van der Waals surface area contributed by atoms with Gasteiger partial charge in [0.2, 0.25) is 5.91 Å². The van der Waals surface area contributed by atoms with Crippen LogP contribution < -0.4 is 10.6 Å². The van der Waals surface area contributed by atoms with Gasteiger partial charge in [0.25, 0.3) is 0 Å². The van der Waals surface area contributed by atoms with Crippen LogP contribution in [0.3, 0.4) is 0 Å². The van der Waals surface area contributed by atoms with Crippen LogP contribution in [0.1, 0.15) is 63.0 Å². The predicted molar refractivity (Wildman–Crippen MR) is 126 cm³/mol. The lowest BCUT2D eigenvalue weighted by molar-refractivity contribution is -0.122. The van der Waals surface area contributed by atoms with Crippen molar-refractivity contribution in [3.8, 4) is 0 Å². The minimum atomic E-state index is 0. The molecule has 2 fully saturated rings. The van der Waals surface area contributed by atoms with Crippen LogP contribution in [0.25, 0.3) is 0 Å². The number of likely N-dealkylation sites (tertiary alicyclic amines) is 1. The zero-order valence-electron chi connectivity index (χ0n) is 17.8. The Kier molecular flexibility index (Phi) is 12.9. The molecule has 1 aromatic rings. The molecular weight excluding hydrogens is 405 g/mol. The van der Waals surface area contributed by atoms with Crippen molar-refractivity contribution in [2.75, 3.05) is 26.2 Å². The molecule has 29 heavy (non-hydrogen) atoms. The summed E-state index contributed by atoms with van der Waals surface area (Å²) in [6, 6.07) is 8.79. The molecule has 0 radical (unpaired) electrons. The Labute approximate surface area is 189 Å². The van der Waals surface area contributed by atoms with Crippen molar-refractivity contribution in [1.29, 1.82) is 0 Å². The number of piperidine rings is 1. The fraction of sp³-hybridized carbons (Fsp3) is 0.696. The number of carbonyl (C=O) groups is 1. The van der Waals surface area contributed by atoms with Gasteiger partial charge in [-0.15, -0.1) is 24.8 Å². The Morgan fingerprint density at radius 2 is 1.62 bits per heavy atom. The second-order valence-electron chi connectivity index (χ2n) is 8.55. The van der Waals surface area contributed by atoms with Gasteiger partial charge in [0.15, 0.2) is 0 Å². The van der Waals surface area contributed by atoms with Gasteiger partial charge in [0.05, 0.1) is 0 Å². The second-order valence-corrected chi connectivity index (χ2v) is 8.55. The summed E-state index contributed by atoms with van der Waals surface area (Å²) in [5.41, 5.74) is 2.57. The molecule has 1 atom stereocenters. The van der Waals surface area contributed by atoms with Crippen LogP contribution >= 0.6 is 24.8 Å². The fourth-order valence-electron chi connectivity index (χ4n) is 4.46. The van der Waals surface area contributed by atoms with Crippen LogP contribution in [0.4, 0.5) is 0 Å². The normalized spacial score (nSPS) is 19.3. The summed E-state index contributed by atoms with van der Waals surface area (Å²) in [5, 5.41) is 6.51. The summed E-state index contributed by atoms with van der Waals surface area (Å²) in [4.78, 5) is 14.9. The lowest BCUT2D eigenvalue weighted by Gasteiger charge is -2.27. The van der Waals surface area contributed by atoms with E-state index in [1.54, 1.807) is 0 Å². The molecule has 2 heterocycles. The number of amides is 1. The third kappa shape index (κ3) is 9.25. The van der Waals surface area contributed by atoms with Gasteiger partial charge in [-0.25, -0.2) is 0 Å². The molecule has 1 aromatic carbocycles. The van der Waals surface area contributed by atoms with E-state index in [0.717, 1.165) is 19.6 Å². The fourth-order valence-corrected chi connectivity index (χ4v) is 4.46. The summed E-state index contributed by atoms with van der Waals surface area (Å²) in [6.45, 7) is 8.58. The molecule has 2 aliphatic rings. The van der Waals surface area contributed by atoms with Crippen molar-refractivity contribution in [3.05, 3.63) is 35.4 Å². The van der Waals surface area contributed by atoms with Crippen LogP contribution in [-0.2, 0) is 17.9 Å². The first-order valence-electron chi connectivity index (χ1n) is 11.0. The monoisotopic (exact) mass is 443 g/mol. The van der Waals surface area contributed by atoms with Gasteiger partial charge in [-0.2, -0.15) is 0 Å². The van der Waals surface area contributed by atoms with Crippen LogP contribution in [-0.4, -0.2) is 37.0 Å². The maximum absolute atomic E-state index is 12.3. The van der Waals surface area contributed by atoms with E-state index in [1.165, 1.54) is 62.7 Å². The van der Waals surface area contributed by atoms with Crippen molar-refractivity contribution >= 4 is 30.7 Å². The van der Waals surface area contributed by atoms with Gasteiger partial charge in [-0.05, 0) is 74.8 Å². The number of rotatable bonds is 7. The minimum Gasteiger partial charge on any atom is -0.352 e. The first-order chi connectivity index (χ1) is 13.2. The molecule has 6 heteroatoms. The smallest absolute Gasteiger partial charge is 0.220 e. The van der Waals surface area contributed by atoms with Gasteiger partial charge >= 0.3 is 0 Å². The van der Waals surface area contributed by atoms with Crippen LogP contribution in [0.15, 0.2) is 24.3 Å². The third-order valence-corrected chi connectivity index (χ3v) is 6.31. The highest BCUT2D eigenvalue weighted by Gasteiger charge is 2.21. The predicted octanol–water partition coefficient (Wildman–Crippen LogP) is 4.55. The first-order valence-corrected chi connectivity index (χ1v) is 11.0. The van der Waals surface area contributed by atoms with E-state index in [-0.39, 0.29) is 30.7 Å². The average Bonchev–Trinajstić information content (AvgIpc) is 2.97. The molecule has 166 valence electrons.